The molecule has 0 saturated carbocycles. The number of urea groups is 1. The third-order valence-electron chi connectivity index (χ3n) is 2.68. The second-order valence-electron chi connectivity index (χ2n) is 4.98. The van der Waals surface area contributed by atoms with Crippen LogP contribution >= 0.6 is 0 Å². The lowest BCUT2D eigenvalue weighted by Crippen LogP contribution is -2.51. The van der Waals surface area contributed by atoms with Crippen LogP contribution in [0.4, 0.5) is 4.79 Å². The Morgan fingerprint density at radius 1 is 1.40 bits per heavy atom. The van der Waals surface area contributed by atoms with E-state index >= 15 is 0 Å². The largest absolute Gasteiger partial charge is 0.394 e. The molecule has 4 atom stereocenters. The van der Waals surface area contributed by atoms with Gasteiger partial charge in [-0.05, 0) is 5.92 Å². The Morgan fingerprint density at radius 3 is 2.55 bits per heavy atom. The number of rotatable bonds is 4. The zero-order chi connectivity index (χ0) is 15.3. The Hall–Kier alpha value is -1.42. The summed E-state index contributed by atoms with van der Waals surface area (Å²) >= 11 is 0. The number of nitrogens with two attached hydrogens (primary N) is 1. The lowest BCUT2D eigenvalue weighted by atomic mass is 10.1. The van der Waals surface area contributed by atoms with Crippen molar-refractivity contribution in [3.8, 4) is 0 Å². The van der Waals surface area contributed by atoms with Crippen LogP contribution in [0, 0.1) is 5.92 Å². The van der Waals surface area contributed by atoms with Gasteiger partial charge in [0.25, 0.3) is 0 Å². The first-order valence-corrected chi connectivity index (χ1v) is 6.35. The van der Waals surface area contributed by atoms with Gasteiger partial charge in [0.1, 0.15) is 18.3 Å². The Balaban J connectivity index is 2.45. The van der Waals surface area contributed by atoms with E-state index < -0.39 is 37.2 Å². The van der Waals surface area contributed by atoms with E-state index in [9.17, 15) is 15.0 Å². The second kappa shape index (κ2) is 7.39. The number of aliphatic hydroxyl groups excluding tert-OH is 3. The summed E-state index contributed by atoms with van der Waals surface area (Å²) in [7, 11) is 0. The summed E-state index contributed by atoms with van der Waals surface area (Å²) in [6.07, 6.45) is -4.66. The van der Waals surface area contributed by atoms with Crippen LogP contribution in [0.5, 0.6) is 0 Å². The maximum absolute atomic E-state index is 11.6. The van der Waals surface area contributed by atoms with Crippen LogP contribution < -0.4 is 16.4 Å². The Bertz CT molecular complexity index is 363. The molecule has 9 heteroatoms. The van der Waals surface area contributed by atoms with Gasteiger partial charge in [-0.1, -0.05) is 13.8 Å². The smallest absolute Gasteiger partial charge is 0.323 e. The fourth-order valence-corrected chi connectivity index (χ4v) is 1.62. The number of carbonyl (C=O) groups is 1. The van der Waals surface area contributed by atoms with Crippen molar-refractivity contribution in [2.24, 2.45) is 16.6 Å². The van der Waals surface area contributed by atoms with Crippen LogP contribution in [0.15, 0.2) is 4.99 Å². The number of hydrogen-bond acceptors (Lipinski definition) is 6. The summed E-state index contributed by atoms with van der Waals surface area (Å²) in [5.74, 6) is 0.252. The molecule has 0 bridgehead atoms. The zero-order valence-corrected chi connectivity index (χ0v) is 11.5. The van der Waals surface area contributed by atoms with Gasteiger partial charge in [0, 0.05) is 6.54 Å². The normalized spacial score (nSPS) is 30.6. The first kappa shape index (κ1) is 16.6. The monoisotopic (exact) mass is 290 g/mol. The second-order valence-corrected chi connectivity index (χ2v) is 4.98. The van der Waals surface area contributed by atoms with Crippen molar-refractivity contribution in [2.45, 2.75) is 38.4 Å². The maximum Gasteiger partial charge on any atom is 0.323 e. The number of aliphatic hydroxyl groups is 3. The summed E-state index contributed by atoms with van der Waals surface area (Å²) in [6.45, 7) is 3.92. The van der Waals surface area contributed by atoms with E-state index in [1.165, 1.54) is 0 Å². The molecule has 1 heterocycles. The molecule has 2 amide bonds. The molecule has 0 spiro atoms. The minimum atomic E-state index is -1.33. The molecule has 0 aromatic carbocycles. The third-order valence-corrected chi connectivity index (χ3v) is 2.68. The molecule has 0 aliphatic carbocycles. The van der Waals surface area contributed by atoms with E-state index in [1.54, 1.807) is 0 Å². The van der Waals surface area contributed by atoms with Gasteiger partial charge in [-0.25, -0.2) is 4.79 Å². The summed E-state index contributed by atoms with van der Waals surface area (Å²) in [4.78, 5) is 15.5. The minimum Gasteiger partial charge on any atom is -0.394 e. The summed E-state index contributed by atoms with van der Waals surface area (Å²) in [5.41, 5.74) is 5.50. The van der Waals surface area contributed by atoms with Gasteiger partial charge in [0.05, 0.1) is 6.61 Å². The fourth-order valence-electron chi connectivity index (χ4n) is 1.62. The number of carbonyl (C=O) groups excluding carboxylic acids is 1. The van der Waals surface area contributed by atoms with Gasteiger partial charge < -0.3 is 31.1 Å². The predicted molar refractivity (Wildman–Crippen MR) is 70.8 cm³/mol. The molecule has 0 radical (unpaired) electrons. The van der Waals surface area contributed by atoms with Crippen molar-refractivity contribution in [1.29, 1.82) is 0 Å². The Kier molecular flexibility index (Phi) is 6.14. The molecule has 1 aliphatic heterocycles. The highest BCUT2D eigenvalue weighted by atomic mass is 16.6. The number of aliphatic imine (C=N–C) groups is 1. The fraction of sp³-hybridized carbons (Fsp3) is 0.818. The molecular formula is C11H22N4O5. The molecule has 1 rings (SSSR count). The van der Waals surface area contributed by atoms with Gasteiger partial charge in [-0.15, -0.1) is 0 Å². The summed E-state index contributed by atoms with van der Waals surface area (Å²) in [6, 6.07) is -0.718. The molecule has 9 nitrogen and oxygen atoms in total. The topological polar surface area (TPSA) is 149 Å². The quantitative estimate of drug-likeness (QED) is 0.253. The van der Waals surface area contributed by atoms with E-state index in [0.29, 0.717) is 12.5 Å². The standard InChI is InChI=1S/C11H22N4O5/c1-5(2)3-13-10(12)15-11(19)14-9-8(18)7(17)6(4-16)20-9/h5-9,16-18H,3-4H2,1-2H3,(H4,12,13,14,15,19)/t6-,7-,8-,9-/m1/s1. The maximum atomic E-state index is 11.6. The SMILES string of the molecule is CC(C)CN=C(N)NC(=O)N[C@@H]1O[C@H](CO)[C@@H](O)[C@H]1O. The van der Waals surface area contributed by atoms with Crippen LogP contribution in [0.2, 0.25) is 0 Å². The van der Waals surface area contributed by atoms with E-state index in [0.717, 1.165) is 0 Å². The molecule has 20 heavy (non-hydrogen) atoms. The van der Waals surface area contributed by atoms with Crippen molar-refractivity contribution in [1.82, 2.24) is 10.6 Å². The highest BCUT2D eigenvalue weighted by Gasteiger charge is 2.43. The van der Waals surface area contributed by atoms with Crippen molar-refractivity contribution < 1.29 is 24.9 Å². The highest BCUT2D eigenvalue weighted by Crippen LogP contribution is 2.18. The van der Waals surface area contributed by atoms with Crippen molar-refractivity contribution in [3.63, 3.8) is 0 Å². The number of nitrogens with zero attached hydrogens (tertiary/aromatic N) is 1. The zero-order valence-electron chi connectivity index (χ0n) is 11.5. The number of ether oxygens (including phenoxy) is 1. The van der Waals surface area contributed by atoms with E-state index in [4.69, 9.17) is 15.6 Å². The summed E-state index contributed by atoms with van der Waals surface area (Å²) < 4.78 is 5.08. The van der Waals surface area contributed by atoms with Crippen LogP contribution in [-0.4, -0.2) is 65.0 Å². The Morgan fingerprint density at radius 2 is 2.05 bits per heavy atom. The molecule has 116 valence electrons. The van der Waals surface area contributed by atoms with E-state index in [-0.39, 0.29) is 5.96 Å². The molecule has 1 saturated heterocycles. The molecule has 7 N–H and O–H groups in total. The predicted octanol–water partition coefficient (Wildman–Crippen LogP) is -2.30. The molecule has 0 aromatic heterocycles. The third kappa shape index (κ3) is 4.60. The number of nitrogens with one attached hydrogen (secondary N) is 2. The van der Waals surface area contributed by atoms with Crippen LogP contribution in [0.3, 0.4) is 0 Å². The van der Waals surface area contributed by atoms with Gasteiger partial charge in [-0.3, -0.25) is 10.3 Å². The van der Waals surface area contributed by atoms with Crippen LogP contribution in [-0.2, 0) is 4.74 Å². The molecular weight excluding hydrogens is 268 g/mol. The van der Waals surface area contributed by atoms with Gasteiger partial charge in [0.15, 0.2) is 12.2 Å². The molecule has 1 aliphatic rings. The van der Waals surface area contributed by atoms with Crippen molar-refractivity contribution in [3.05, 3.63) is 0 Å². The number of hydrogen-bond donors (Lipinski definition) is 6. The Labute approximate surface area is 116 Å². The van der Waals surface area contributed by atoms with Gasteiger partial charge in [0.2, 0.25) is 0 Å². The number of amides is 2. The average molecular weight is 290 g/mol. The summed E-state index contributed by atoms with van der Waals surface area (Å²) in [5, 5.41) is 32.6. The average Bonchev–Trinajstić information content (AvgIpc) is 2.64. The van der Waals surface area contributed by atoms with E-state index in [1.807, 2.05) is 13.8 Å². The first-order chi connectivity index (χ1) is 9.35. The number of guanidine groups is 1. The van der Waals surface area contributed by atoms with Gasteiger partial charge >= 0.3 is 6.03 Å². The van der Waals surface area contributed by atoms with Gasteiger partial charge in [-0.2, -0.15) is 0 Å². The molecule has 0 aromatic rings. The molecule has 1 fully saturated rings. The van der Waals surface area contributed by atoms with Crippen molar-refractivity contribution >= 4 is 12.0 Å². The lowest BCUT2D eigenvalue weighted by molar-refractivity contribution is -0.0283. The highest BCUT2D eigenvalue weighted by molar-refractivity contribution is 5.95. The molecule has 0 unspecified atom stereocenters. The first-order valence-electron chi connectivity index (χ1n) is 6.35. The van der Waals surface area contributed by atoms with E-state index in [2.05, 4.69) is 15.6 Å². The van der Waals surface area contributed by atoms with Crippen LogP contribution in [0.1, 0.15) is 13.8 Å². The minimum absolute atomic E-state index is 0.0528. The lowest BCUT2D eigenvalue weighted by Gasteiger charge is -2.16. The van der Waals surface area contributed by atoms with Crippen molar-refractivity contribution in [2.75, 3.05) is 13.2 Å². The van der Waals surface area contributed by atoms with Crippen LogP contribution in [0.25, 0.3) is 0 Å².